The third-order valence-electron chi connectivity index (χ3n) is 6.05. The molecule has 0 bridgehead atoms. The molecule has 0 saturated carbocycles. The van der Waals surface area contributed by atoms with Gasteiger partial charge in [-0.15, -0.1) is 0 Å². The number of aromatic carboxylic acids is 1. The SMILES string of the molecule is Cc1ccc(-c2cc(CN[C@H](C)c3cccc(OCC(F)F)c3)cc3ccccc23)cc1C(=O)O. The molecule has 0 saturated heterocycles. The molecule has 1 atom stereocenters. The van der Waals surface area contributed by atoms with E-state index in [1.54, 1.807) is 31.2 Å². The van der Waals surface area contributed by atoms with Crippen molar-refractivity contribution in [2.45, 2.75) is 32.9 Å². The standard InChI is InChI=1S/C29H27F2NO3/c1-18-10-11-23(15-26(18)29(33)34)27-13-20(12-22-6-3-4-9-25(22)27)16-32-19(2)21-7-5-8-24(14-21)35-17-28(30)31/h3-15,19,28,32H,16-17H2,1-2H3,(H,33,34)/t19-/m1/s1. The topological polar surface area (TPSA) is 58.6 Å². The number of hydrogen-bond acceptors (Lipinski definition) is 3. The Hall–Kier alpha value is -3.77. The first-order valence-corrected chi connectivity index (χ1v) is 11.4. The zero-order chi connectivity index (χ0) is 24.9. The average molecular weight is 476 g/mol. The van der Waals surface area contributed by atoms with Gasteiger partial charge in [0.2, 0.25) is 0 Å². The van der Waals surface area contributed by atoms with Crippen LogP contribution in [0.25, 0.3) is 21.9 Å². The third kappa shape index (κ3) is 5.84. The largest absolute Gasteiger partial charge is 0.488 e. The molecule has 0 heterocycles. The van der Waals surface area contributed by atoms with Crippen LogP contribution in [0.2, 0.25) is 0 Å². The van der Waals surface area contributed by atoms with E-state index in [1.807, 2.05) is 49.4 Å². The molecule has 4 nitrogen and oxygen atoms in total. The molecule has 4 aromatic carbocycles. The predicted molar refractivity (Wildman–Crippen MR) is 134 cm³/mol. The molecule has 2 N–H and O–H groups in total. The quantitative estimate of drug-likeness (QED) is 0.273. The minimum absolute atomic E-state index is 0.0435. The second kappa shape index (κ2) is 10.7. The highest BCUT2D eigenvalue weighted by Crippen LogP contribution is 2.32. The van der Waals surface area contributed by atoms with E-state index < -0.39 is 19.0 Å². The number of carbonyl (C=O) groups is 1. The van der Waals surface area contributed by atoms with Crippen LogP contribution in [0, 0.1) is 6.92 Å². The summed E-state index contributed by atoms with van der Waals surface area (Å²) in [6.45, 7) is 3.74. The van der Waals surface area contributed by atoms with Crippen molar-refractivity contribution in [2.24, 2.45) is 0 Å². The third-order valence-corrected chi connectivity index (χ3v) is 6.05. The summed E-state index contributed by atoms with van der Waals surface area (Å²) in [6.07, 6.45) is -2.52. The van der Waals surface area contributed by atoms with Gasteiger partial charge in [0.25, 0.3) is 6.43 Å². The van der Waals surface area contributed by atoms with E-state index in [0.717, 1.165) is 38.6 Å². The molecule has 0 aliphatic carbocycles. The molecule has 180 valence electrons. The minimum atomic E-state index is -2.52. The van der Waals surface area contributed by atoms with E-state index in [2.05, 4.69) is 17.4 Å². The lowest BCUT2D eigenvalue weighted by Crippen LogP contribution is -2.18. The van der Waals surface area contributed by atoms with E-state index >= 15 is 0 Å². The van der Waals surface area contributed by atoms with Gasteiger partial charge in [0.1, 0.15) is 12.4 Å². The summed E-state index contributed by atoms with van der Waals surface area (Å²) in [7, 11) is 0. The highest BCUT2D eigenvalue weighted by molar-refractivity contribution is 5.99. The van der Waals surface area contributed by atoms with Gasteiger partial charge < -0.3 is 15.2 Å². The van der Waals surface area contributed by atoms with E-state index in [-0.39, 0.29) is 11.6 Å². The molecule has 0 aromatic heterocycles. The molecular formula is C29H27F2NO3. The summed E-state index contributed by atoms with van der Waals surface area (Å²) in [6, 6.07) is 24.9. The van der Waals surface area contributed by atoms with Gasteiger partial charge in [-0.3, -0.25) is 0 Å². The summed E-state index contributed by atoms with van der Waals surface area (Å²) in [5.41, 5.74) is 4.81. The normalized spacial score (nSPS) is 12.1. The number of fused-ring (bicyclic) bond motifs is 1. The van der Waals surface area contributed by atoms with Gasteiger partial charge in [-0.2, -0.15) is 0 Å². The van der Waals surface area contributed by atoms with Crippen LogP contribution in [0.3, 0.4) is 0 Å². The Morgan fingerprint density at radius 1 is 1.00 bits per heavy atom. The molecular weight excluding hydrogens is 448 g/mol. The first-order chi connectivity index (χ1) is 16.8. The second-order valence-corrected chi connectivity index (χ2v) is 8.58. The van der Waals surface area contributed by atoms with Crippen LogP contribution in [0.4, 0.5) is 8.78 Å². The van der Waals surface area contributed by atoms with Crippen molar-refractivity contribution in [3.8, 4) is 16.9 Å². The van der Waals surface area contributed by atoms with Crippen LogP contribution in [0.5, 0.6) is 5.75 Å². The van der Waals surface area contributed by atoms with Gasteiger partial charge in [-0.25, -0.2) is 13.6 Å². The first kappa shape index (κ1) is 24.4. The van der Waals surface area contributed by atoms with Crippen molar-refractivity contribution < 1.29 is 23.4 Å². The van der Waals surface area contributed by atoms with Crippen LogP contribution >= 0.6 is 0 Å². The monoisotopic (exact) mass is 475 g/mol. The number of alkyl halides is 2. The molecule has 4 aromatic rings. The zero-order valence-corrected chi connectivity index (χ0v) is 19.6. The number of halogens is 2. The van der Waals surface area contributed by atoms with Gasteiger partial charge in [0.05, 0.1) is 5.56 Å². The smallest absolute Gasteiger partial charge is 0.335 e. The highest BCUT2D eigenvalue weighted by Gasteiger charge is 2.13. The summed E-state index contributed by atoms with van der Waals surface area (Å²) in [5, 5.41) is 15.2. The number of ether oxygens (including phenoxy) is 1. The predicted octanol–water partition coefficient (Wildman–Crippen LogP) is 7.01. The Bertz CT molecular complexity index is 1350. The molecule has 0 radical (unpaired) electrons. The number of nitrogens with one attached hydrogen (secondary N) is 1. The van der Waals surface area contributed by atoms with Crippen LogP contribution in [-0.4, -0.2) is 24.1 Å². The van der Waals surface area contributed by atoms with E-state index in [0.29, 0.717) is 12.3 Å². The van der Waals surface area contributed by atoms with E-state index in [9.17, 15) is 18.7 Å². The number of rotatable bonds is 9. The van der Waals surface area contributed by atoms with Crippen molar-refractivity contribution in [3.63, 3.8) is 0 Å². The fraction of sp³-hybridized carbons (Fsp3) is 0.207. The maximum atomic E-state index is 12.5. The molecule has 0 fully saturated rings. The van der Waals surface area contributed by atoms with Crippen molar-refractivity contribution in [3.05, 3.63) is 101 Å². The van der Waals surface area contributed by atoms with Crippen molar-refractivity contribution in [1.29, 1.82) is 0 Å². The van der Waals surface area contributed by atoms with Crippen molar-refractivity contribution in [1.82, 2.24) is 5.32 Å². The maximum Gasteiger partial charge on any atom is 0.335 e. The molecule has 0 spiro atoms. The Morgan fingerprint density at radius 2 is 1.80 bits per heavy atom. The Balaban J connectivity index is 1.60. The Kier molecular flexibility index (Phi) is 7.42. The summed E-state index contributed by atoms with van der Waals surface area (Å²) in [4.78, 5) is 11.7. The van der Waals surface area contributed by atoms with Crippen molar-refractivity contribution in [2.75, 3.05) is 6.61 Å². The lowest BCUT2D eigenvalue weighted by molar-refractivity contribution is 0.0696. The van der Waals surface area contributed by atoms with Gasteiger partial charge in [0, 0.05) is 12.6 Å². The Morgan fingerprint density at radius 3 is 2.57 bits per heavy atom. The zero-order valence-electron chi connectivity index (χ0n) is 19.6. The summed E-state index contributed by atoms with van der Waals surface area (Å²) in [5.74, 6) is -0.530. The maximum absolute atomic E-state index is 12.5. The highest BCUT2D eigenvalue weighted by atomic mass is 19.3. The number of carboxylic acid groups (broad SMARTS) is 1. The number of carboxylic acids is 1. The lowest BCUT2D eigenvalue weighted by Gasteiger charge is -2.17. The fourth-order valence-electron chi connectivity index (χ4n) is 4.16. The van der Waals surface area contributed by atoms with Crippen LogP contribution in [0.1, 0.15) is 40.0 Å². The number of benzene rings is 4. The lowest BCUT2D eigenvalue weighted by atomic mass is 9.93. The molecule has 35 heavy (non-hydrogen) atoms. The van der Waals surface area contributed by atoms with Crippen molar-refractivity contribution >= 4 is 16.7 Å². The average Bonchev–Trinajstić information content (AvgIpc) is 2.86. The molecule has 0 aliphatic heterocycles. The second-order valence-electron chi connectivity index (χ2n) is 8.58. The van der Waals surface area contributed by atoms with Crippen LogP contribution < -0.4 is 10.1 Å². The first-order valence-electron chi connectivity index (χ1n) is 11.4. The van der Waals surface area contributed by atoms with Gasteiger partial charge in [-0.1, -0.05) is 48.5 Å². The van der Waals surface area contributed by atoms with Crippen LogP contribution in [-0.2, 0) is 6.54 Å². The van der Waals surface area contributed by atoms with E-state index in [4.69, 9.17) is 4.74 Å². The molecule has 0 unspecified atom stereocenters. The van der Waals surface area contributed by atoms with Crippen LogP contribution in [0.15, 0.2) is 78.9 Å². The summed E-state index contributed by atoms with van der Waals surface area (Å²) < 4.78 is 30.1. The Labute approximate surface area is 203 Å². The fourth-order valence-corrected chi connectivity index (χ4v) is 4.16. The molecule has 6 heteroatoms. The molecule has 4 rings (SSSR count). The minimum Gasteiger partial charge on any atom is -0.488 e. The van der Waals surface area contributed by atoms with Gasteiger partial charge >= 0.3 is 5.97 Å². The summed E-state index contributed by atoms with van der Waals surface area (Å²) >= 11 is 0. The van der Waals surface area contributed by atoms with Gasteiger partial charge in [-0.05, 0) is 82.8 Å². The molecule has 0 amide bonds. The van der Waals surface area contributed by atoms with Gasteiger partial charge in [0.15, 0.2) is 0 Å². The number of hydrogen-bond donors (Lipinski definition) is 2. The number of aryl methyl sites for hydroxylation is 1. The van der Waals surface area contributed by atoms with E-state index in [1.165, 1.54) is 0 Å². The molecule has 0 aliphatic rings.